The van der Waals surface area contributed by atoms with Crippen LogP contribution in [0.2, 0.25) is 0 Å². The Morgan fingerprint density at radius 3 is 2.56 bits per heavy atom. The van der Waals surface area contributed by atoms with Crippen LogP contribution in [-0.2, 0) is 5.41 Å². The summed E-state index contributed by atoms with van der Waals surface area (Å²) >= 11 is 1.56. The topological polar surface area (TPSA) is 58.1 Å². The number of pyridine rings is 1. The van der Waals surface area contributed by atoms with E-state index in [1.165, 1.54) is 5.69 Å². The van der Waals surface area contributed by atoms with Crippen molar-refractivity contribution >= 4 is 22.9 Å². The number of nitrogens with zero attached hydrogens (tertiary/aromatic N) is 3. The number of carbonyl (C=O) groups excluding carboxylic acids is 1. The molecule has 25 heavy (non-hydrogen) atoms. The summed E-state index contributed by atoms with van der Waals surface area (Å²) in [6.45, 7) is 9.12. The number of hydrogen-bond donors (Lipinski definition) is 1. The van der Waals surface area contributed by atoms with Crippen LogP contribution in [-0.4, -0.2) is 35.5 Å². The zero-order valence-electron chi connectivity index (χ0n) is 15.2. The summed E-state index contributed by atoms with van der Waals surface area (Å²) < 4.78 is 0. The number of nitrogens with one attached hydrogen (secondary N) is 1. The number of aromatic nitrogens is 2. The van der Waals surface area contributed by atoms with Crippen LogP contribution in [0.3, 0.4) is 0 Å². The van der Waals surface area contributed by atoms with Crippen molar-refractivity contribution in [1.82, 2.24) is 15.3 Å². The van der Waals surface area contributed by atoms with Gasteiger partial charge in [0, 0.05) is 48.5 Å². The lowest BCUT2D eigenvalue weighted by molar-refractivity contribution is 0.0940. The van der Waals surface area contributed by atoms with Gasteiger partial charge in [0.05, 0.1) is 5.01 Å². The van der Waals surface area contributed by atoms with Crippen molar-refractivity contribution in [2.45, 2.75) is 39.0 Å². The molecule has 134 valence electrons. The second-order valence-corrected chi connectivity index (χ2v) is 8.49. The predicted octanol–water partition coefficient (Wildman–Crippen LogP) is 3.48. The highest BCUT2D eigenvalue weighted by Gasteiger charge is 2.22. The SMILES string of the molecule is CC(C)(C)c1nc(C(=O)NCC2CCN(c3ccncc3)CC2)cs1. The number of anilines is 1. The molecule has 5 nitrogen and oxygen atoms in total. The van der Waals surface area contributed by atoms with Gasteiger partial charge in [-0.15, -0.1) is 11.3 Å². The summed E-state index contributed by atoms with van der Waals surface area (Å²) in [6, 6.07) is 4.11. The molecule has 0 aliphatic carbocycles. The molecule has 0 atom stereocenters. The van der Waals surface area contributed by atoms with Crippen LogP contribution in [0.1, 0.15) is 49.1 Å². The van der Waals surface area contributed by atoms with E-state index in [4.69, 9.17) is 0 Å². The first-order valence-electron chi connectivity index (χ1n) is 8.82. The molecule has 0 radical (unpaired) electrons. The average Bonchev–Trinajstić information content (AvgIpc) is 3.11. The van der Waals surface area contributed by atoms with E-state index < -0.39 is 0 Å². The van der Waals surface area contributed by atoms with Crippen molar-refractivity contribution < 1.29 is 4.79 Å². The van der Waals surface area contributed by atoms with Crippen LogP contribution in [0.5, 0.6) is 0 Å². The van der Waals surface area contributed by atoms with Gasteiger partial charge in [-0.3, -0.25) is 9.78 Å². The molecular formula is C19H26N4OS. The maximum atomic E-state index is 12.3. The molecule has 0 spiro atoms. The van der Waals surface area contributed by atoms with E-state index in [0.29, 0.717) is 11.6 Å². The Bertz CT molecular complexity index is 700. The molecule has 2 aromatic rings. The van der Waals surface area contributed by atoms with E-state index in [2.05, 4.69) is 53.1 Å². The minimum Gasteiger partial charge on any atom is -0.371 e. The van der Waals surface area contributed by atoms with E-state index in [1.54, 1.807) is 11.3 Å². The number of carbonyl (C=O) groups is 1. The Balaban J connectivity index is 1.47. The standard InChI is InChI=1S/C19H26N4OS/c1-19(2,3)18-22-16(13-25-18)17(24)21-12-14-6-10-23(11-7-14)15-4-8-20-9-5-15/h4-5,8-9,13-14H,6-7,10-12H2,1-3H3,(H,21,24). The van der Waals surface area contributed by atoms with Gasteiger partial charge in [0.25, 0.3) is 5.91 Å². The van der Waals surface area contributed by atoms with Gasteiger partial charge in [0.15, 0.2) is 0 Å². The maximum Gasteiger partial charge on any atom is 0.270 e. The van der Waals surface area contributed by atoms with Crippen LogP contribution in [0.15, 0.2) is 29.9 Å². The lowest BCUT2D eigenvalue weighted by atomic mass is 9.96. The predicted molar refractivity (Wildman–Crippen MR) is 102 cm³/mol. The molecule has 3 rings (SSSR count). The average molecular weight is 359 g/mol. The Hall–Kier alpha value is -1.95. The molecule has 2 aromatic heterocycles. The van der Waals surface area contributed by atoms with Gasteiger partial charge in [-0.1, -0.05) is 20.8 Å². The second-order valence-electron chi connectivity index (χ2n) is 7.63. The van der Waals surface area contributed by atoms with E-state index in [9.17, 15) is 4.79 Å². The summed E-state index contributed by atoms with van der Waals surface area (Å²) in [7, 11) is 0. The van der Waals surface area contributed by atoms with Crippen LogP contribution >= 0.6 is 11.3 Å². The zero-order valence-corrected chi connectivity index (χ0v) is 16.0. The van der Waals surface area contributed by atoms with Crippen molar-refractivity contribution in [3.8, 4) is 0 Å². The molecule has 1 aliphatic rings. The monoisotopic (exact) mass is 358 g/mol. The lowest BCUT2D eigenvalue weighted by Gasteiger charge is -2.33. The highest BCUT2D eigenvalue weighted by Crippen LogP contribution is 2.26. The zero-order chi connectivity index (χ0) is 17.9. The van der Waals surface area contributed by atoms with Gasteiger partial charge in [0.2, 0.25) is 0 Å². The van der Waals surface area contributed by atoms with Crippen LogP contribution in [0.25, 0.3) is 0 Å². The highest BCUT2D eigenvalue weighted by molar-refractivity contribution is 7.10. The van der Waals surface area contributed by atoms with E-state index in [0.717, 1.165) is 37.5 Å². The molecule has 1 aliphatic heterocycles. The van der Waals surface area contributed by atoms with Gasteiger partial charge in [-0.05, 0) is 30.9 Å². The van der Waals surface area contributed by atoms with Gasteiger partial charge in [-0.2, -0.15) is 0 Å². The van der Waals surface area contributed by atoms with Crippen molar-refractivity contribution in [3.05, 3.63) is 40.6 Å². The summed E-state index contributed by atoms with van der Waals surface area (Å²) in [4.78, 5) is 23.3. The van der Waals surface area contributed by atoms with Gasteiger partial charge < -0.3 is 10.2 Å². The third-order valence-electron chi connectivity index (χ3n) is 4.57. The quantitative estimate of drug-likeness (QED) is 0.909. The fraction of sp³-hybridized carbons (Fsp3) is 0.526. The molecule has 1 saturated heterocycles. The van der Waals surface area contributed by atoms with Crippen molar-refractivity contribution in [1.29, 1.82) is 0 Å². The fourth-order valence-electron chi connectivity index (χ4n) is 3.00. The first-order valence-corrected chi connectivity index (χ1v) is 9.70. The Morgan fingerprint density at radius 2 is 1.96 bits per heavy atom. The highest BCUT2D eigenvalue weighted by atomic mass is 32.1. The molecule has 1 amide bonds. The number of hydrogen-bond acceptors (Lipinski definition) is 5. The molecule has 1 fully saturated rings. The molecule has 0 saturated carbocycles. The summed E-state index contributed by atoms with van der Waals surface area (Å²) in [6.07, 6.45) is 5.85. The minimum atomic E-state index is -0.0525. The Kier molecular flexibility index (Phi) is 5.37. The van der Waals surface area contributed by atoms with Crippen molar-refractivity contribution in [2.75, 3.05) is 24.5 Å². The summed E-state index contributed by atoms with van der Waals surface area (Å²) in [5, 5.41) is 5.93. The van der Waals surface area contributed by atoms with Crippen LogP contribution < -0.4 is 10.2 Å². The number of amides is 1. The smallest absolute Gasteiger partial charge is 0.270 e. The minimum absolute atomic E-state index is 0.0109. The molecule has 1 N–H and O–H groups in total. The van der Waals surface area contributed by atoms with Crippen molar-refractivity contribution in [2.24, 2.45) is 5.92 Å². The molecule has 0 unspecified atom stereocenters. The molecule has 3 heterocycles. The Morgan fingerprint density at radius 1 is 1.28 bits per heavy atom. The van der Waals surface area contributed by atoms with Crippen molar-refractivity contribution in [3.63, 3.8) is 0 Å². The number of piperidine rings is 1. The maximum absolute atomic E-state index is 12.3. The second kappa shape index (κ2) is 7.52. The van der Waals surface area contributed by atoms with Gasteiger partial charge >= 0.3 is 0 Å². The number of rotatable bonds is 4. The normalized spacial score (nSPS) is 16.0. The number of thiazole rings is 1. The van der Waals surface area contributed by atoms with E-state index >= 15 is 0 Å². The molecule has 0 aromatic carbocycles. The van der Waals surface area contributed by atoms with E-state index in [-0.39, 0.29) is 11.3 Å². The third-order valence-corrected chi connectivity index (χ3v) is 5.84. The van der Waals surface area contributed by atoms with Gasteiger partial charge in [0.1, 0.15) is 5.69 Å². The molecule has 6 heteroatoms. The first-order chi connectivity index (χ1) is 11.9. The Labute approximate surface area is 153 Å². The fourth-order valence-corrected chi connectivity index (χ4v) is 3.89. The van der Waals surface area contributed by atoms with Gasteiger partial charge in [-0.25, -0.2) is 4.98 Å². The third kappa shape index (κ3) is 4.57. The summed E-state index contributed by atoms with van der Waals surface area (Å²) in [5.41, 5.74) is 1.77. The molecule has 0 bridgehead atoms. The van der Waals surface area contributed by atoms with Crippen LogP contribution in [0, 0.1) is 5.92 Å². The molecular weight excluding hydrogens is 332 g/mol. The van der Waals surface area contributed by atoms with Crippen LogP contribution in [0.4, 0.5) is 5.69 Å². The lowest BCUT2D eigenvalue weighted by Crippen LogP contribution is -2.38. The first kappa shape index (κ1) is 17.9. The van der Waals surface area contributed by atoms with E-state index in [1.807, 2.05) is 17.8 Å². The largest absolute Gasteiger partial charge is 0.371 e. The summed E-state index contributed by atoms with van der Waals surface area (Å²) in [5.74, 6) is 0.478.